The van der Waals surface area contributed by atoms with Gasteiger partial charge in [0.1, 0.15) is 23.2 Å². The van der Waals surface area contributed by atoms with E-state index < -0.39 is 10.8 Å². The van der Waals surface area contributed by atoms with Gasteiger partial charge in [-0.05, 0) is 18.2 Å². The van der Waals surface area contributed by atoms with Crippen molar-refractivity contribution < 1.29 is 14.5 Å². The van der Waals surface area contributed by atoms with Crippen molar-refractivity contribution in [3.63, 3.8) is 0 Å². The summed E-state index contributed by atoms with van der Waals surface area (Å²) in [5.74, 6) is -0.165. The molecule has 26 heavy (non-hydrogen) atoms. The molecule has 0 saturated carbocycles. The number of anilines is 2. The van der Waals surface area contributed by atoms with Gasteiger partial charge in [0.25, 0.3) is 11.6 Å². The highest BCUT2D eigenvalue weighted by atomic mass is 79.9. The van der Waals surface area contributed by atoms with Crippen molar-refractivity contribution in [3.05, 3.63) is 62.9 Å². The number of aromatic nitrogens is 1. The summed E-state index contributed by atoms with van der Waals surface area (Å²) < 4.78 is 5.82. The van der Waals surface area contributed by atoms with Gasteiger partial charge in [-0.1, -0.05) is 15.9 Å². The van der Waals surface area contributed by atoms with Gasteiger partial charge < -0.3 is 15.4 Å². The molecule has 9 nitrogen and oxygen atoms in total. The molecule has 132 valence electrons. The minimum absolute atomic E-state index is 0.103. The maximum Gasteiger partial charge on any atom is 0.273 e. The zero-order valence-corrected chi connectivity index (χ0v) is 15.0. The van der Waals surface area contributed by atoms with Crippen molar-refractivity contribution in [3.8, 4) is 11.8 Å². The van der Waals surface area contributed by atoms with Crippen molar-refractivity contribution in [2.75, 3.05) is 17.7 Å². The van der Waals surface area contributed by atoms with E-state index in [1.54, 1.807) is 24.4 Å². The molecular formula is C16H12BrN5O4. The number of amides is 1. The fraction of sp³-hybridized carbons (Fsp3) is 0.0625. The normalized spacial score (nSPS) is 10.6. The van der Waals surface area contributed by atoms with Crippen LogP contribution >= 0.6 is 15.9 Å². The van der Waals surface area contributed by atoms with Gasteiger partial charge >= 0.3 is 0 Å². The molecule has 0 aliphatic heterocycles. The lowest BCUT2D eigenvalue weighted by Gasteiger charge is -2.09. The molecule has 0 fully saturated rings. The van der Waals surface area contributed by atoms with Gasteiger partial charge in [-0.15, -0.1) is 0 Å². The number of carbonyl (C=O) groups excluding carboxylic acids is 1. The Balaban J connectivity index is 2.18. The van der Waals surface area contributed by atoms with E-state index in [2.05, 4.69) is 31.5 Å². The van der Waals surface area contributed by atoms with Gasteiger partial charge in [0, 0.05) is 22.9 Å². The third kappa shape index (κ3) is 4.78. The minimum Gasteiger partial charge on any atom is -0.494 e. The standard InChI is InChI=1S/C16H12BrN5O4/c1-26-14-7-12(22(24)25)2-3-13(14)21-16(23)10(8-18)9-20-15-6-11(17)4-5-19-15/h2-7,9H,1H3,(H,19,20)(H,21,23)/b10-9-. The summed E-state index contributed by atoms with van der Waals surface area (Å²) in [4.78, 5) is 26.5. The lowest BCUT2D eigenvalue weighted by molar-refractivity contribution is -0.384. The number of rotatable bonds is 6. The maximum absolute atomic E-state index is 12.3. The van der Waals surface area contributed by atoms with E-state index in [4.69, 9.17) is 4.74 Å². The fourth-order valence-corrected chi connectivity index (χ4v) is 2.20. The Morgan fingerprint density at radius 1 is 1.42 bits per heavy atom. The van der Waals surface area contributed by atoms with Crippen LogP contribution in [0.5, 0.6) is 5.75 Å². The second kappa shape index (κ2) is 8.59. The monoisotopic (exact) mass is 417 g/mol. The summed E-state index contributed by atoms with van der Waals surface area (Å²) in [6.07, 6.45) is 2.76. The van der Waals surface area contributed by atoms with Crippen LogP contribution in [0.25, 0.3) is 0 Å². The lowest BCUT2D eigenvalue weighted by Crippen LogP contribution is -2.15. The Hall–Kier alpha value is -3.45. The van der Waals surface area contributed by atoms with Crippen molar-refractivity contribution >= 4 is 39.0 Å². The number of halogens is 1. The number of carbonyl (C=O) groups is 1. The van der Waals surface area contributed by atoms with Crippen LogP contribution in [0, 0.1) is 21.4 Å². The highest BCUT2D eigenvalue weighted by molar-refractivity contribution is 9.10. The molecule has 0 atom stereocenters. The number of nitrogens with one attached hydrogen (secondary N) is 2. The molecule has 0 bridgehead atoms. The Bertz CT molecular complexity index is 923. The molecule has 0 radical (unpaired) electrons. The number of nitrogens with zero attached hydrogens (tertiary/aromatic N) is 3. The van der Waals surface area contributed by atoms with Crippen molar-refractivity contribution in [1.82, 2.24) is 4.98 Å². The second-order valence-corrected chi connectivity index (χ2v) is 5.68. The van der Waals surface area contributed by atoms with Gasteiger partial charge in [-0.2, -0.15) is 5.26 Å². The highest BCUT2D eigenvalue weighted by Gasteiger charge is 2.15. The number of nitro groups is 1. The molecule has 0 saturated heterocycles. The van der Waals surface area contributed by atoms with Gasteiger partial charge in [0.05, 0.1) is 23.8 Å². The molecule has 1 aromatic carbocycles. The zero-order valence-electron chi connectivity index (χ0n) is 13.4. The van der Waals surface area contributed by atoms with Gasteiger partial charge in [0.15, 0.2) is 0 Å². The molecule has 10 heteroatoms. The van der Waals surface area contributed by atoms with E-state index >= 15 is 0 Å². The summed E-state index contributed by atoms with van der Waals surface area (Å²) >= 11 is 3.28. The quantitative estimate of drug-likeness (QED) is 0.319. The van der Waals surface area contributed by atoms with Crippen molar-refractivity contribution in [1.29, 1.82) is 5.26 Å². The number of hydrogen-bond acceptors (Lipinski definition) is 7. The molecule has 2 aromatic rings. The van der Waals surface area contributed by atoms with Crippen LogP contribution in [0.4, 0.5) is 17.2 Å². The van der Waals surface area contributed by atoms with Crippen LogP contribution in [0.15, 0.2) is 52.8 Å². The molecule has 0 spiro atoms. The third-order valence-electron chi connectivity index (χ3n) is 3.10. The van der Waals surface area contributed by atoms with Crippen LogP contribution in [0.2, 0.25) is 0 Å². The number of nitriles is 1. The van der Waals surface area contributed by atoms with Gasteiger partial charge in [-0.3, -0.25) is 14.9 Å². The summed E-state index contributed by atoms with van der Waals surface area (Å²) in [7, 11) is 1.32. The Morgan fingerprint density at radius 2 is 2.19 bits per heavy atom. The first-order chi connectivity index (χ1) is 12.4. The van der Waals surface area contributed by atoms with E-state index in [9.17, 15) is 20.2 Å². The fourth-order valence-electron chi connectivity index (χ4n) is 1.86. The molecule has 1 aromatic heterocycles. The maximum atomic E-state index is 12.3. The Morgan fingerprint density at radius 3 is 2.81 bits per heavy atom. The number of benzene rings is 1. The van der Waals surface area contributed by atoms with E-state index in [1.807, 2.05) is 0 Å². The van der Waals surface area contributed by atoms with Crippen LogP contribution in [-0.4, -0.2) is 22.9 Å². The van der Waals surface area contributed by atoms with Gasteiger partial charge in [-0.25, -0.2) is 4.98 Å². The lowest BCUT2D eigenvalue weighted by atomic mass is 10.2. The SMILES string of the molecule is COc1cc([N+](=O)[O-])ccc1NC(=O)/C(C#N)=C\Nc1cc(Br)ccn1. The average molecular weight is 418 g/mol. The first-order valence-electron chi connectivity index (χ1n) is 7.06. The van der Waals surface area contributed by atoms with E-state index in [0.717, 1.165) is 4.47 Å². The van der Waals surface area contributed by atoms with E-state index in [0.29, 0.717) is 5.82 Å². The summed E-state index contributed by atoms with van der Waals surface area (Å²) in [5.41, 5.74) is -0.199. The van der Waals surface area contributed by atoms with Crippen LogP contribution in [0.1, 0.15) is 0 Å². The molecule has 0 unspecified atom stereocenters. The highest BCUT2D eigenvalue weighted by Crippen LogP contribution is 2.29. The smallest absolute Gasteiger partial charge is 0.273 e. The summed E-state index contributed by atoms with van der Waals surface area (Å²) in [6.45, 7) is 0. The summed E-state index contributed by atoms with van der Waals surface area (Å²) in [6, 6.07) is 8.89. The number of hydrogen-bond donors (Lipinski definition) is 2. The van der Waals surface area contributed by atoms with E-state index in [-0.39, 0.29) is 22.7 Å². The van der Waals surface area contributed by atoms with Crippen LogP contribution in [0.3, 0.4) is 0 Å². The zero-order chi connectivity index (χ0) is 19.1. The largest absolute Gasteiger partial charge is 0.494 e. The molecule has 0 aliphatic rings. The summed E-state index contributed by atoms with van der Waals surface area (Å²) in [5, 5.41) is 25.2. The molecule has 2 rings (SSSR count). The average Bonchev–Trinajstić information content (AvgIpc) is 2.62. The van der Waals surface area contributed by atoms with Crippen molar-refractivity contribution in [2.24, 2.45) is 0 Å². The van der Waals surface area contributed by atoms with Crippen LogP contribution < -0.4 is 15.4 Å². The molecule has 1 heterocycles. The number of nitro benzene ring substituents is 1. The number of non-ortho nitro benzene ring substituents is 1. The third-order valence-corrected chi connectivity index (χ3v) is 3.59. The van der Waals surface area contributed by atoms with Crippen LogP contribution in [-0.2, 0) is 4.79 Å². The molecule has 1 amide bonds. The first-order valence-corrected chi connectivity index (χ1v) is 7.86. The predicted octanol–water partition coefficient (Wildman–Crippen LogP) is 3.22. The van der Waals surface area contributed by atoms with Gasteiger partial charge in [0.2, 0.25) is 0 Å². The Labute approximate surface area is 156 Å². The first kappa shape index (κ1) is 18.9. The molecule has 2 N–H and O–H groups in total. The number of pyridine rings is 1. The second-order valence-electron chi connectivity index (χ2n) is 4.77. The number of ether oxygens (including phenoxy) is 1. The topological polar surface area (TPSA) is 130 Å². The minimum atomic E-state index is -0.706. The number of methoxy groups -OCH3 is 1. The Kier molecular flexibility index (Phi) is 6.24. The molecular weight excluding hydrogens is 406 g/mol. The predicted molar refractivity (Wildman–Crippen MR) is 97.5 cm³/mol. The molecule has 0 aliphatic carbocycles. The van der Waals surface area contributed by atoms with E-state index in [1.165, 1.54) is 31.5 Å². The van der Waals surface area contributed by atoms with Crippen molar-refractivity contribution in [2.45, 2.75) is 0 Å².